The number of esters is 1. The Morgan fingerprint density at radius 1 is 1.35 bits per heavy atom. The van der Waals surface area contributed by atoms with Crippen LogP contribution in [0.4, 0.5) is 13.2 Å². The maximum atomic E-state index is 12.8. The Morgan fingerprint density at radius 3 is 2.65 bits per heavy atom. The average Bonchev–Trinajstić information content (AvgIpc) is 2.53. The molecule has 2 rings (SSSR count). The van der Waals surface area contributed by atoms with Gasteiger partial charge in [0.15, 0.2) is 0 Å². The standard InChI is InChI=1S/C14H16F3NO4S/c1-22-13(19)10-4-2-6-12(8-10)23(20,21)18-7-3-5-11(9-18)14(15,16)17/h2,4,6,8,11H,3,5,7,9H2,1H3. The number of methoxy groups -OCH3 is 1. The summed E-state index contributed by atoms with van der Waals surface area (Å²) in [4.78, 5) is 11.3. The maximum absolute atomic E-state index is 12.8. The van der Waals surface area contributed by atoms with Crippen LogP contribution in [0.3, 0.4) is 0 Å². The number of hydrogen-bond acceptors (Lipinski definition) is 4. The second kappa shape index (κ2) is 6.48. The first-order valence-electron chi connectivity index (χ1n) is 6.91. The summed E-state index contributed by atoms with van der Waals surface area (Å²) in [6, 6.07) is 5.08. The van der Waals surface area contributed by atoms with Gasteiger partial charge in [-0.3, -0.25) is 0 Å². The van der Waals surface area contributed by atoms with E-state index in [1.807, 2.05) is 0 Å². The third kappa shape index (κ3) is 3.84. The number of benzene rings is 1. The van der Waals surface area contributed by atoms with Crippen LogP contribution >= 0.6 is 0 Å². The molecule has 1 aliphatic rings. The summed E-state index contributed by atoms with van der Waals surface area (Å²) >= 11 is 0. The van der Waals surface area contributed by atoms with Crippen molar-refractivity contribution in [1.29, 1.82) is 0 Å². The Morgan fingerprint density at radius 2 is 2.04 bits per heavy atom. The van der Waals surface area contributed by atoms with Crippen molar-refractivity contribution in [3.8, 4) is 0 Å². The second-order valence-electron chi connectivity index (χ2n) is 5.26. The van der Waals surface area contributed by atoms with Gasteiger partial charge in [0.1, 0.15) is 0 Å². The highest BCUT2D eigenvalue weighted by Gasteiger charge is 2.44. The molecule has 0 aromatic heterocycles. The van der Waals surface area contributed by atoms with Gasteiger partial charge < -0.3 is 4.74 Å². The molecule has 1 fully saturated rings. The molecule has 0 aliphatic carbocycles. The smallest absolute Gasteiger partial charge is 0.393 e. The van der Waals surface area contributed by atoms with Crippen LogP contribution in [0.25, 0.3) is 0 Å². The van der Waals surface area contributed by atoms with Crippen molar-refractivity contribution in [2.24, 2.45) is 5.92 Å². The number of halogens is 3. The van der Waals surface area contributed by atoms with Crippen LogP contribution in [-0.4, -0.2) is 45.1 Å². The number of carbonyl (C=O) groups excluding carboxylic acids is 1. The summed E-state index contributed by atoms with van der Waals surface area (Å²) in [7, 11) is -2.94. The Hall–Kier alpha value is -1.61. The van der Waals surface area contributed by atoms with Crippen molar-refractivity contribution in [1.82, 2.24) is 4.31 Å². The molecule has 0 saturated carbocycles. The monoisotopic (exact) mass is 351 g/mol. The number of carbonyl (C=O) groups is 1. The molecule has 0 spiro atoms. The second-order valence-corrected chi connectivity index (χ2v) is 7.20. The molecule has 1 aliphatic heterocycles. The summed E-state index contributed by atoms with van der Waals surface area (Å²) in [5.41, 5.74) is 0.0259. The minimum Gasteiger partial charge on any atom is -0.465 e. The number of sulfonamides is 1. The SMILES string of the molecule is COC(=O)c1cccc(S(=O)(=O)N2CCCC(C(F)(F)F)C2)c1. The van der Waals surface area contributed by atoms with Gasteiger partial charge in [-0.05, 0) is 31.0 Å². The Labute approximate surface area is 132 Å². The highest BCUT2D eigenvalue weighted by molar-refractivity contribution is 7.89. The van der Waals surface area contributed by atoms with Gasteiger partial charge in [-0.15, -0.1) is 0 Å². The molecule has 1 unspecified atom stereocenters. The summed E-state index contributed by atoms with van der Waals surface area (Å²) < 4.78 is 68.9. The van der Waals surface area contributed by atoms with E-state index >= 15 is 0 Å². The molecular weight excluding hydrogens is 335 g/mol. The predicted octanol–water partition coefficient (Wildman–Crippen LogP) is 2.44. The van der Waals surface area contributed by atoms with E-state index in [0.717, 1.165) is 17.5 Å². The lowest BCUT2D eigenvalue weighted by Crippen LogP contribution is -2.44. The third-order valence-corrected chi connectivity index (χ3v) is 5.60. The lowest BCUT2D eigenvalue weighted by molar-refractivity contribution is -0.182. The molecule has 0 bridgehead atoms. The lowest BCUT2D eigenvalue weighted by atomic mass is 9.99. The van der Waals surface area contributed by atoms with Crippen molar-refractivity contribution in [3.05, 3.63) is 29.8 Å². The van der Waals surface area contributed by atoms with E-state index in [-0.39, 0.29) is 29.8 Å². The number of rotatable bonds is 3. The van der Waals surface area contributed by atoms with Gasteiger partial charge in [0.05, 0.1) is 23.5 Å². The van der Waals surface area contributed by atoms with Crippen molar-refractivity contribution in [3.63, 3.8) is 0 Å². The largest absolute Gasteiger partial charge is 0.465 e. The molecule has 0 N–H and O–H groups in total. The Kier molecular flexibility index (Phi) is 5.00. The van der Waals surface area contributed by atoms with Crippen molar-refractivity contribution >= 4 is 16.0 Å². The molecular formula is C14H16F3NO4S. The van der Waals surface area contributed by atoms with E-state index in [0.29, 0.717) is 0 Å². The minimum atomic E-state index is -4.43. The summed E-state index contributed by atoms with van der Waals surface area (Å²) in [6.45, 7) is -0.578. The van der Waals surface area contributed by atoms with Crippen LogP contribution < -0.4 is 0 Å². The van der Waals surface area contributed by atoms with Crippen molar-refractivity contribution in [2.75, 3.05) is 20.2 Å². The molecule has 0 amide bonds. The van der Waals surface area contributed by atoms with E-state index in [2.05, 4.69) is 4.74 Å². The average molecular weight is 351 g/mol. The molecule has 1 aromatic carbocycles. The maximum Gasteiger partial charge on any atom is 0.393 e. The molecule has 23 heavy (non-hydrogen) atoms. The molecule has 5 nitrogen and oxygen atoms in total. The molecule has 128 valence electrons. The first kappa shape index (κ1) is 17.7. The van der Waals surface area contributed by atoms with Crippen LogP contribution in [-0.2, 0) is 14.8 Å². The number of nitrogens with zero attached hydrogens (tertiary/aromatic N) is 1. The molecule has 9 heteroatoms. The number of alkyl halides is 3. The summed E-state index contributed by atoms with van der Waals surface area (Å²) in [6.07, 6.45) is -4.38. The third-order valence-electron chi connectivity index (χ3n) is 3.74. The molecule has 1 heterocycles. The fourth-order valence-electron chi connectivity index (χ4n) is 2.48. The zero-order chi connectivity index (χ0) is 17.3. The highest BCUT2D eigenvalue weighted by Crippen LogP contribution is 2.35. The fraction of sp³-hybridized carbons (Fsp3) is 0.500. The molecule has 1 aromatic rings. The zero-order valence-corrected chi connectivity index (χ0v) is 13.2. The summed E-state index contributed by atoms with van der Waals surface area (Å²) in [5.74, 6) is -2.39. The van der Waals surface area contributed by atoms with Crippen molar-refractivity contribution < 1.29 is 31.1 Å². The van der Waals surface area contributed by atoms with Gasteiger partial charge in [-0.25, -0.2) is 13.2 Å². The van der Waals surface area contributed by atoms with Crippen molar-refractivity contribution in [2.45, 2.75) is 23.9 Å². The summed E-state index contributed by atoms with van der Waals surface area (Å²) in [5, 5.41) is 0. The molecule has 0 radical (unpaired) electrons. The van der Waals surface area contributed by atoms with E-state index in [1.54, 1.807) is 0 Å². The van der Waals surface area contributed by atoms with Gasteiger partial charge >= 0.3 is 12.1 Å². The van der Waals surface area contributed by atoms with Crippen LogP contribution in [0.1, 0.15) is 23.2 Å². The van der Waals surface area contributed by atoms with E-state index in [9.17, 15) is 26.4 Å². The molecule has 1 saturated heterocycles. The first-order valence-corrected chi connectivity index (χ1v) is 8.35. The topological polar surface area (TPSA) is 63.7 Å². The van der Waals surface area contributed by atoms with E-state index in [4.69, 9.17) is 0 Å². The Balaban J connectivity index is 2.29. The Bertz CT molecular complexity index is 688. The fourth-order valence-corrected chi connectivity index (χ4v) is 4.05. The van der Waals surface area contributed by atoms with Gasteiger partial charge in [0.25, 0.3) is 0 Å². The first-order chi connectivity index (χ1) is 10.7. The minimum absolute atomic E-state index is 0.0252. The van der Waals surface area contributed by atoms with Gasteiger partial charge in [-0.2, -0.15) is 17.5 Å². The van der Waals surface area contributed by atoms with E-state index in [1.165, 1.54) is 18.2 Å². The van der Waals surface area contributed by atoms with Gasteiger partial charge in [0.2, 0.25) is 10.0 Å². The highest BCUT2D eigenvalue weighted by atomic mass is 32.2. The number of ether oxygens (including phenoxy) is 1. The van der Waals surface area contributed by atoms with Crippen LogP contribution in [0.5, 0.6) is 0 Å². The van der Waals surface area contributed by atoms with Crippen LogP contribution in [0.2, 0.25) is 0 Å². The lowest BCUT2D eigenvalue weighted by Gasteiger charge is -2.32. The normalized spacial score (nSPS) is 20.3. The molecule has 1 atom stereocenters. The van der Waals surface area contributed by atoms with Crippen LogP contribution in [0, 0.1) is 5.92 Å². The van der Waals surface area contributed by atoms with Gasteiger partial charge in [-0.1, -0.05) is 6.07 Å². The quantitative estimate of drug-likeness (QED) is 0.785. The number of piperidine rings is 1. The number of hydrogen-bond donors (Lipinski definition) is 0. The van der Waals surface area contributed by atoms with Crippen LogP contribution in [0.15, 0.2) is 29.2 Å². The zero-order valence-electron chi connectivity index (χ0n) is 12.3. The van der Waals surface area contributed by atoms with E-state index < -0.39 is 34.6 Å². The predicted molar refractivity (Wildman–Crippen MR) is 75.3 cm³/mol. The van der Waals surface area contributed by atoms with Gasteiger partial charge in [0, 0.05) is 13.1 Å².